The highest BCUT2D eigenvalue weighted by Crippen LogP contribution is 2.03. The first-order chi connectivity index (χ1) is 8.74. The van der Waals surface area contributed by atoms with Crippen LogP contribution in [0.4, 0.5) is 0 Å². The Labute approximate surface area is 107 Å². The zero-order valence-corrected chi connectivity index (χ0v) is 10.5. The summed E-state index contributed by atoms with van der Waals surface area (Å²) in [6.07, 6.45) is 1.62. The number of rotatable bonds is 9. The van der Waals surface area contributed by atoms with E-state index >= 15 is 0 Å². The first-order valence-corrected chi connectivity index (χ1v) is 5.68. The van der Waals surface area contributed by atoms with Crippen LogP contribution >= 0.6 is 0 Å². The molecule has 3 N–H and O–H groups in total. The molecule has 0 amide bonds. The molecule has 0 spiro atoms. The molecule has 0 radical (unpaired) electrons. The van der Waals surface area contributed by atoms with Gasteiger partial charge in [0.1, 0.15) is 11.5 Å². The summed E-state index contributed by atoms with van der Waals surface area (Å²) in [6, 6.07) is 3.58. The van der Waals surface area contributed by atoms with Gasteiger partial charge >= 0.3 is 0 Å². The highest BCUT2D eigenvalue weighted by Gasteiger charge is 2.00. The van der Waals surface area contributed by atoms with Crippen molar-refractivity contribution < 1.29 is 14.2 Å². The molecule has 1 heterocycles. The number of methoxy groups -OCH3 is 1. The number of ether oxygens (including phenoxy) is 3. The van der Waals surface area contributed by atoms with Gasteiger partial charge in [0, 0.05) is 13.3 Å². The second-order valence-electron chi connectivity index (χ2n) is 3.62. The molecule has 0 bridgehead atoms. The molecular weight excluding hydrogens is 234 g/mol. The van der Waals surface area contributed by atoms with E-state index in [1.54, 1.807) is 19.4 Å². The van der Waals surface area contributed by atoms with E-state index in [9.17, 15) is 0 Å². The molecule has 100 valence electrons. The summed E-state index contributed by atoms with van der Waals surface area (Å²) in [5.74, 6) is -0.0419. The van der Waals surface area contributed by atoms with Crippen LogP contribution in [0.15, 0.2) is 18.3 Å². The minimum atomic E-state index is -0.0419. The summed E-state index contributed by atoms with van der Waals surface area (Å²) in [5, 5.41) is 7.28. The maximum atomic E-state index is 7.28. The third-order valence-electron chi connectivity index (χ3n) is 2.17. The lowest BCUT2D eigenvalue weighted by Gasteiger charge is -2.06. The maximum absolute atomic E-state index is 7.28. The summed E-state index contributed by atoms with van der Waals surface area (Å²) in [7, 11) is 1.63. The fourth-order valence-corrected chi connectivity index (χ4v) is 1.26. The molecule has 6 nitrogen and oxygen atoms in total. The molecule has 0 atom stereocenters. The Hall–Kier alpha value is -1.50. The van der Waals surface area contributed by atoms with Crippen molar-refractivity contribution in [3.63, 3.8) is 0 Å². The SMILES string of the molecule is COCCOCCOCc1ccnc(C(=N)N)c1. The number of pyridine rings is 1. The number of hydrogen-bond acceptors (Lipinski definition) is 5. The Morgan fingerprint density at radius 3 is 2.72 bits per heavy atom. The third kappa shape index (κ3) is 5.72. The van der Waals surface area contributed by atoms with Gasteiger partial charge in [-0.15, -0.1) is 0 Å². The molecule has 0 saturated carbocycles. The molecule has 0 aromatic carbocycles. The molecule has 0 unspecified atom stereocenters. The van der Waals surface area contributed by atoms with Crippen LogP contribution in [0.1, 0.15) is 11.3 Å². The van der Waals surface area contributed by atoms with Crippen LogP contribution in [-0.2, 0) is 20.8 Å². The second-order valence-corrected chi connectivity index (χ2v) is 3.62. The molecule has 0 aliphatic rings. The van der Waals surface area contributed by atoms with Crippen LogP contribution in [0, 0.1) is 5.41 Å². The minimum Gasteiger partial charge on any atom is -0.382 e. The number of nitrogen functional groups attached to an aromatic ring is 1. The molecular formula is C12H19N3O3. The molecule has 0 aliphatic heterocycles. The first-order valence-electron chi connectivity index (χ1n) is 5.68. The Balaban J connectivity index is 2.19. The van der Waals surface area contributed by atoms with E-state index in [1.165, 1.54) is 0 Å². The molecule has 0 aliphatic carbocycles. The Bertz CT molecular complexity index is 371. The van der Waals surface area contributed by atoms with E-state index in [0.717, 1.165) is 5.56 Å². The number of hydrogen-bond donors (Lipinski definition) is 2. The van der Waals surface area contributed by atoms with E-state index in [-0.39, 0.29) is 5.84 Å². The van der Waals surface area contributed by atoms with E-state index in [0.29, 0.717) is 38.7 Å². The van der Waals surface area contributed by atoms with Crippen molar-refractivity contribution in [1.29, 1.82) is 5.41 Å². The molecule has 18 heavy (non-hydrogen) atoms. The molecule has 0 saturated heterocycles. The standard InChI is InChI=1S/C12H19N3O3/c1-16-4-5-17-6-7-18-9-10-2-3-15-11(8-10)12(13)14/h2-3,8H,4-7,9H2,1H3,(H3,13,14). The number of nitrogens with two attached hydrogens (primary N) is 1. The summed E-state index contributed by atoms with van der Waals surface area (Å²) >= 11 is 0. The zero-order chi connectivity index (χ0) is 13.2. The lowest BCUT2D eigenvalue weighted by molar-refractivity contribution is 0.0199. The summed E-state index contributed by atoms with van der Waals surface area (Å²) < 4.78 is 15.5. The Morgan fingerprint density at radius 2 is 2.00 bits per heavy atom. The first kappa shape index (κ1) is 14.6. The largest absolute Gasteiger partial charge is 0.382 e. The van der Waals surface area contributed by atoms with Gasteiger partial charge in [0.25, 0.3) is 0 Å². The van der Waals surface area contributed by atoms with Crippen LogP contribution in [0.25, 0.3) is 0 Å². The number of nitrogens with zero attached hydrogens (tertiary/aromatic N) is 1. The van der Waals surface area contributed by atoms with Crippen LogP contribution in [0.3, 0.4) is 0 Å². The summed E-state index contributed by atoms with van der Waals surface area (Å²) in [6.45, 7) is 2.67. The van der Waals surface area contributed by atoms with Crippen molar-refractivity contribution in [3.8, 4) is 0 Å². The highest BCUT2D eigenvalue weighted by molar-refractivity contribution is 5.93. The van der Waals surface area contributed by atoms with Crippen molar-refractivity contribution in [3.05, 3.63) is 29.6 Å². The van der Waals surface area contributed by atoms with Gasteiger partial charge in [-0.25, -0.2) is 0 Å². The van der Waals surface area contributed by atoms with Gasteiger partial charge in [-0.3, -0.25) is 10.4 Å². The van der Waals surface area contributed by atoms with Crippen molar-refractivity contribution in [2.75, 3.05) is 33.5 Å². The van der Waals surface area contributed by atoms with Crippen LogP contribution in [0.2, 0.25) is 0 Å². The number of aromatic nitrogens is 1. The lowest BCUT2D eigenvalue weighted by Crippen LogP contribution is -2.13. The van der Waals surface area contributed by atoms with Crippen LogP contribution < -0.4 is 5.73 Å². The fraction of sp³-hybridized carbons (Fsp3) is 0.500. The third-order valence-corrected chi connectivity index (χ3v) is 2.17. The van der Waals surface area contributed by atoms with Gasteiger partial charge < -0.3 is 19.9 Å². The van der Waals surface area contributed by atoms with E-state index < -0.39 is 0 Å². The van der Waals surface area contributed by atoms with Crippen molar-refractivity contribution in [1.82, 2.24) is 4.98 Å². The molecule has 0 fully saturated rings. The predicted octanol–water partition coefficient (Wildman–Crippen LogP) is 0.545. The molecule has 1 rings (SSSR count). The number of nitrogens with one attached hydrogen (secondary N) is 1. The summed E-state index contributed by atoms with van der Waals surface area (Å²) in [4.78, 5) is 3.97. The Morgan fingerprint density at radius 1 is 1.28 bits per heavy atom. The van der Waals surface area contributed by atoms with Crippen molar-refractivity contribution >= 4 is 5.84 Å². The maximum Gasteiger partial charge on any atom is 0.141 e. The van der Waals surface area contributed by atoms with E-state index in [1.807, 2.05) is 6.07 Å². The Kier molecular flexibility index (Phi) is 6.93. The average molecular weight is 253 g/mol. The highest BCUT2D eigenvalue weighted by atomic mass is 16.5. The molecule has 1 aromatic rings. The van der Waals surface area contributed by atoms with Crippen LogP contribution in [-0.4, -0.2) is 44.4 Å². The molecule has 6 heteroatoms. The van der Waals surface area contributed by atoms with Gasteiger partial charge in [0.2, 0.25) is 0 Å². The van der Waals surface area contributed by atoms with Crippen LogP contribution in [0.5, 0.6) is 0 Å². The fourth-order valence-electron chi connectivity index (χ4n) is 1.26. The van der Waals surface area contributed by atoms with Gasteiger partial charge in [0.05, 0.1) is 33.0 Å². The van der Waals surface area contributed by atoms with E-state index in [2.05, 4.69) is 4.98 Å². The second kappa shape index (κ2) is 8.57. The topological polar surface area (TPSA) is 90.5 Å². The predicted molar refractivity (Wildman–Crippen MR) is 67.6 cm³/mol. The van der Waals surface area contributed by atoms with E-state index in [4.69, 9.17) is 25.4 Å². The number of amidine groups is 1. The van der Waals surface area contributed by atoms with Gasteiger partial charge in [-0.05, 0) is 17.7 Å². The minimum absolute atomic E-state index is 0.0419. The van der Waals surface area contributed by atoms with Gasteiger partial charge in [-0.2, -0.15) is 0 Å². The summed E-state index contributed by atoms with van der Waals surface area (Å²) in [5.41, 5.74) is 6.76. The monoisotopic (exact) mass is 253 g/mol. The lowest BCUT2D eigenvalue weighted by atomic mass is 10.2. The van der Waals surface area contributed by atoms with Gasteiger partial charge in [0.15, 0.2) is 0 Å². The van der Waals surface area contributed by atoms with Crippen molar-refractivity contribution in [2.24, 2.45) is 5.73 Å². The smallest absolute Gasteiger partial charge is 0.141 e. The van der Waals surface area contributed by atoms with Crippen molar-refractivity contribution in [2.45, 2.75) is 6.61 Å². The average Bonchev–Trinajstić information content (AvgIpc) is 2.38. The zero-order valence-electron chi connectivity index (χ0n) is 10.5. The quantitative estimate of drug-likeness (QED) is 0.381. The normalized spacial score (nSPS) is 10.5. The molecule has 1 aromatic heterocycles. The van der Waals surface area contributed by atoms with Gasteiger partial charge in [-0.1, -0.05) is 0 Å².